The number of benzene rings is 2. The van der Waals surface area contributed by atoms with E-state index in [2.05, 4.69) is 10.0 Å². The molecule has 2 aromatic carbocycles. The number of fused-ring (bicyclic) bond motifs is 1. The van der Waals surface area contributed by atoms with Crippen molar-refractivity contribution in [2.24, 2.45) is 0 Å². The van der Waals surface area contributed by atoms with Crippen molar-refractivity contribution in [1.29, 1.82) is 0 Å². The molecule has 9 heteroatoms. The maximum absolute atomic E-state index is 13.4. The van der Waals surface area contributed by atoms with Gasteiger partial charge in [-0.15, -0.1) is 0 Å². The molecule has 1 amide bonds. The number of carbonyl (C=O) groups is 1. The monoisotopic (exact) mass is 368 g/mol. The summed E-state index contributed by atoms with van der Waals surface area (Å²) in [6, 6.07) is 7.19. The van der Waals surface area contributed by atoms with Gasteiger partial charge in [0.15, 0.2) is 11.6 Å². The molecule has 0 radical (unpaired) electrons. The quantitative estimate of drug-likeness (QED) is 0.762. The number of anilines is 1. The Bertz CT molecular complexity index is 932. The molecule has 2 aromatic rings. The van der Waals surface area contributed by atoms with E-state index < -0.39 is 21.7 Å². The first-order valence-electron chi connectivity index (χ1n) is 7.35. The van der Waals surface area contributed by atoms with Crippen molar-refractivity contribution in [3.63, 3.8) is 0 Å². The van der Waals surface area contributed by atoms with Crippen LogP contribution in [0.1, 0.15) is 5.56 Å². The van der Waals surface area contributed by atoms with Gasteiger partial charge in [-0.25, -0.2) is 21.9 Å². The van der Waals surface area contributed by atoms with Gasteiger partial charge in [0.05, 0.1) is 11.3 Å². The number of hydrogen-bond donors (Lipinski definition) is 2. The van der Waals surface area contributed by atoms with Crippen LogP contribution in [0.4, 0.5) is 14.5 Å². The van der Waals surface area contributed by atoms with E-state index in [0.29, 0.717) is 17.3 Å². The summed E-state index contributed by atoms with van der Waals surface area (Å²) < 4.78 is 58.1. The molecule has 132 valence electrons. The molecule has 1 heterocycles. The molecule has 3 rings (SSSR count). The highest BCUT2D eigenvalue weighted by Gasteiger charge is 2.21. The zero-order valence-electron chi connectivity index (χ0n) is 12.9. The lowest BCUT2D eigenvalue weighted by atomic mass is 10.2. The Morgan fingerprint density at radius 2 is 1.96 bits per heavy atom. The summed E-state index contributed by atoms with van der Waals surface area (Å²) in [6.45, 7) is -0.236. The molecule has 1 aliphatic rings. The molecule has 6 nitrogen and oxygen atoms in total. The van der Waals surface area contributed by atoms with Crippen LogP contribution in [0.5, 0.6) is 5.75 Å². The maximum Gasteiger partial charge on any atom is 0.240 e. The molecule has 2 N–H and O–H groups in total. The first kappa shape index (κ1) is 17.3. The predicted octanol–water partition coefficient (Wildman–Crippen LogP) is 1.82. The van der Waals surface area contributed by atoms with Gasteiger partial charge in [0, 0.05) is 18.3 Å². The van der Waals surface area contributed by atoms with Gasteiger partial charge in [-0.2, -0.15) is 0 Å². The van der Waals surface area contributed by atoms with Gasteiger partial charge >= 0.3 is 0 Å². The van der Waals surface area contributed by atoms with Gasteiger partial charge < -0.3 is 10.1 Å². The van der Waals surface area contributed by atoms with Crippen molar-refractivity contribution in [1.82, 2.24) is 4.72 Å². The second-order valence-corrected chi connectivity index (χ2v) is 7.13. The first-order valence-corrected chi connectivity index (χ1v) is 8.84. The molecule has 0 saturated heterocycles. The Morgan fingerprint density at radius 1 is 1.16 bits per heavy atom. The molecule has 0 fully saturated rings. The van der Waals surface area contributed by atoms with Gasteiger partial charge in [0.25, 0.3) is 0 Å². The van der Waals surface area contributed by atoms with Crippen molar-refractivity contribution < 1.29 is 26.7 Å². The molecule has 0 unspecified atom stereocenters. The van der Waals surface area contributed by atoms with Gasteiger partial charge in [0.2, 0.25) is 15.9 Å². The van der Waals surface area contributed by atoms with Crippen molar-refractivity contribution in [2.75, 3.05) is 18.5 Å². The van der Waals surface area contributed by atoms with Crippen molar-refractivity contribution >= 4 is 21.6 Å². The molecule has 0 aliphatic carbocycles. The smallest absolute Gasteiger partial charge is 0.240 e. The highest BCUT2D eigenvalue weighted by Crippen LogP contribution is 2.25. The molecule has 25 heavy (non-hydrogen) atoms. The summed E-state index contributed by atoms with van der Waals surface area (Å²) in [4.78, 5) is 11.3. The zero-order valence-corrected chi connectivity index (χ0v) is 13.7. The van der Waals surface area contributed by atoms with E-state index in [4.69, 9.17) is 4.74 Å². The van der Waals surface area contributed by atoms with E-state index in [1.165, 1.54) is 18.2 Å². The highest BCUT2D eigenvalue weighted by molar-refractivity contribution is 7.89. The van der Waals surface area contributed by atoms with Gasteiger partial charge in [-0.3, -0.25) is 4.79 Å². The van der Waals surface area contributed by atoms with Gasteiger partial charge in [0.1, 0.15) is 12.4 Å². The topological polar surface area (TPSA) is 84.5 Å². The van der Waals surface area contributed by atoms with E-state index in [1.54, 1.807) is 0 Å². The number of halogens is 2. The standard InChI is InChI=1S/C16H14F2N2O4S/c17-11-1-4-15(13(18)9-11)24-6-5-19-25(22,23)12-2-3-14-10(7-12)8-16(21)20-14/h1-4,7,9,19H,5-6,8H2,(H,20,21). The highest BCUT2D eigenvalue weighted by atomic mass is 32.2. The lowest BCUT2D eigenvalue weighted by Gasteiger charge is -2.10. The largest absolute Gasteiger partial charge is 0.489 e. The summed E-state index contributed by atoms with van der Waals surface area (Å²) in [5, 5.41) is 2.62. The van der Waals surface area contributed by atoms with E-state index in [-0.39, 0.29) is 36.1 Å². The first-order chi connectivity index (χ1) is 11.8. The number of rotatable bonds is 6. The fraction of sp³-hybridized carbons (Fsp3) is 0.188. The molecule has 0 atom stereocenters. The van der Waals surface area contributed by atoms with Crippen LogP contribution in [0, 0.1) is 11.6 Å². The third kappa shape index (κ3) is 3.94. The Labute approximate surface area is 142 Å². The Hall–Kier alpha value is -2.52. The minimum atomic E-state index is -3.79. The summed E-state index contributed by atoms with van der Waals surface area (Å²) >= 11 is 0. The van der Waals surface area contributed by atoms with Crippen LogP contribution in [-0.4, -0.2) is 27.5 Å². The van der Waals surface area contributed by atoms with Gasteiger partial charge in [-0.05, 0) is 35.9 Å². The fourth-order valence-electron chi connectivity index (χ4n) is 2.39. The average Bonchev–Trinajstić information content (AvgIpc) is 2.92. The number of hydrogen-bond acceptors (Lipinski definition) is 4. The molecule has 0 bridgehead atoms. The van der Waals surface area contributed by atoms with Crippen molar-refractivity contribution in [2.45, 2.75) is 11.3 Å². The van der Waals surface area contributed by atoms with Crippen LogP contribution in [0.3, 0.4) is 0 Å². The molecular formula is C16H14F2N2O4S. The van der Waals surface area contributed by atoms with Gasteiger partial charge in [-0.1, -0.05) is 0 Å². The average molecular weight is 368 g/mol. The van der Waals surface area contributed by atoms with Crippen molar-refractivity contribution in [3.8, 4) is 5.75 Å². The SMILES string of the molecule is O=C1Cc2cc(S(=O)(=O)NCCOc3ccc(F)cc3F)ccc2N1. The van der Waals surface area contributed by atoms with Crippen LogP contribution in [-0.2, 0) is 21.2 Å². The van der Waals surface area contributed by atoms with Crippen LogP contribution < -0.4 is 14.8 Å². The number of amides is 1. The Morgan fingerprint density at radius 3 is 2.72 bits per heavy atom. The molecule has 1 aliphatic heterocycles. The van der Waals surface area contributed by atoms with Crippen LogP contribution >= 0.6 is 0 Å². The number of sulfonamides is 1. The number of carbonyl (C=O) groups excluding carboxylic acids is 1. The van der Waals surface area contributed by atoms with Crippen LogP contribution in [0.2, 0.25) is 0 Å². The van der Waals surface area contributed by atoms with E-state index >= 15 is 0 Å². The molecule has 0 saturated carbocycles. The van der Waals surface area contributed by atoms with Crippen molar-refractivity contribution in [3.05, 3.63) is 53.6 Å². The maximum atomic E-state index is 13.4. The lowest BCUT2D eigenvalue weighted by Crippen LogP contribution is -2.28. The van der Waals surface area contributed by atoms with E-state index in [0.717, 1.165) is 12.1 Å². The molecule has 0 aromatic heterocycles. The summed E-state index contributed by atoms with van der Waals surface area (Å²) in [6.07, 6.45) is 0.131. The third-order valence-electron chi connectivity index (χ3n) is 3.56. The van der Waals surface area contributed by atoms with Crippen LogP contribution in [0.25, 0.3) is 0 Å². The number of ether oxygens (including phenoxy) is 1. The minimum absolute atomic E-state index is 0.0238. The second kappa shape index (κ2) is 6.77. The summed E-state index contributed by atoms with van der Waals surface area (Å²) in [5.74, 6) is -1.94. The minimum Gasteiger partial charge on any atom is -0.489 e. The van der Waals surface area contributed by atoms with E-state index in [9.17, 15) is 22.0 Å². The van der Waals surface area contributed by atoms with E-state index in [1.807, 2.05) is 0 Å². The fourth-order valence-corrected chi connectivity index (χ4v) is 3.45. The lowest BCUT2D eigenvalue weighted by molar-refractivity contribution is -0.115. The third-order valence-corrected chi connectivity index (χ3v) is 5.02. The zero-order chi connectivity index (χ0) is 18.0. The number of nitrogens with one attached hydrogen (secondary N) is 2. The summed E-state index contributed by atoms with van der Waals surface area (Å²) in [7, 11) is -3.79. The second-order valence-electron chi connectivity index (χ2n) is 5.36. The van der Waals surface area contributed by atoms with Crippen LogP contribution in [0.15, 0.2) is 41.3 Å². The Kier molecular flexibility index (Phi) is 4.69. The Balaban J connectivity index is 1.59. The normalized spacial score (nSPS) is 13.4. The molecule has 0 spiro atoms. The summed E-state index contributed by atoms with van der Waals surface area (Å²) in [5.41, 5.74) is 1.21. The molecular weight excluding hydrogens is 354 g/mol. The predicted molar refractivity (Wildman–Crippen MR) is 85.8 cm³/mol.